The molecule has 0 spiro atoms. The number of methoxy groups -OCH3 is 2. The Kier molecular flexibility index (Phi) is 4.61. The zero-order valence-corrected chi connectivity index (χ0v) is 13.9. The molecule has 0 aromatic heterocycles. The number of rotatable bonds is 4. The minimum atomic E-state index is -4.37. The van der Waals surface area contributed by atoms with Crippen molar-refractivity contribution in [2.75, 3.05) is 19.1 Å². The largest absolute Gasteiger partial charge is 0.497 e. The van der Waals surface area contributed by atoms with Crippen LogP contribution in [0, 0.1) is 0 Å². The number of halogens is 3. The molecule has 0 saturated heterocycles. The molecule has 1 atom stereocenters. The number of fused-ring (bicyclic) bond motifs is 1. The molecule has 0 fully saturated rings. The van der Waals surface area contributed by atoms with Crippen LogP contribution in [0.25, 0.3) is 6.08 Å². The number of hydrogen-bond acceptors (Lipinski definition) is 3. The molecular weight excluding hydrogens is 331 g/mol. The Morgan fingerprint density at radius 2 is 1.72 bits per heavy atom. The van der Waals surface area contributed by atoms with Gasteiger partial charge >= 0.3 is 6.18 Å². The van der Waals surface area contributed by atoms with E-state index < -0.39 is 12.2 Å². The van der Waals surface area contributed by atoms with Gasteiger partial charge in [0.15, 0.2) is 0 Å². The summed E-state index contributed by atoms with van der Waals surface area (Å²) in [5.41, 5.74) is 1.91. The smallest absolute Gasteiger partial charge is 0.412 e. The van der Waals surface area contributed by atoms with Gasteiger partial charge in [0.25, 0.3) is 0 Å². The number of nitrogens with zero attached hydrogens (tertiary/aromatic N) is 1. The summed E-state index contributed by atoms with van der Waals surface area (Å²) in [4.78, 5) is 1.35. The van der Waals surface area contributed by atoms with E-state index in [-0.39, 0.29) is 6.54 Å². The molecule has 132 valence electrons. The van der Waals surface area contributed by atoms with Gasteiger partial charge in [-0.25, -0.2) is 0 Å². The van der Waals surface area contributed by atoms with E-state index >= 15 is 0 Å². The lowest BCUT2D eigenvalue weighted by Gasteiger charge is -2.37. The van der Waals surface area contributed by atoms with Crippen molar-refractivity contribution in [2.24, 2.45) is 0 Å². The van der Waals surface area contributed by atoms with Crippen LogP contribution in [0.1, 0.15) is 11.1 Å². The summed E-state index contributed by atoms with van der Waals surface area (Å²) in [6.07, 6.45) is -1.71. The second-order valence-electron chi connectivity index (χ2n) is 5.71. The molecule has 0 saturated carbocycles. The average molecular weight is 349 g/mol. The lowest BCUT2D eigenvalue weighted by molar-refractivity contribution is -0.138. The minimum absolute atomic E-state index is 0.124. The second kappa shape index (κ2) is 6.70. The van der Waals surface area contributed by atoms with Crippen LogP contribution < -0.4 is 14.4 Å². The van der Waals surface area contributed by atoms with Gasteiger partial charge in [-0.1, -0.05) is 30.4 Å². The van der Waals surface area contributed by atoms with Gasteiger partial charge < -0.3 is 14.4 Å². The highest BCUT2D eigenvalue weighted by atomic mass is 19.4. The van der Waals surface area contributed by atoms with Gasteiger partial charge in [-0.05, 0) is 29.8 Å². The monoisotopic (exact) mass is 349 g/mol. The summed E-state index contributed by atoms with van der Waals surface area (Å²) in [5, 5.41) is 0. The van der Waals surface area contributed by atoms with E-state index in [1.807, 2.05) is 0 Å². The zero-order valence-electron chi connectivity index (χ0n) is 13.9. The molecule has 6 heteroatoms. The predicted octanol–water partition coefficient (Wildman–Crippen LogP) is 4.67. The summed E-state index contributed by atoms with van der Waals surface area (Å²) in [6, 6.07) is 10.5. The third-order valence-corrected chi connectivity index (χ3v) is 4.20. The Morgan fingerprint density at radius 1 is 1.00 bits per heavy atom. The molecule has 1 aliphatic heterocycles. The van der Waals surface area contributed by atoms with Gasteiger partial charge in [-0.3, -0.25) is 0 Å². The van der Waals surface area contributed by atoms with E-state index in [2.05, 4.69) is 0 Å². The van der Waals surface area contributed by atoms with Crippen molar-refractivity contribution in [3.05, 3.63) is 59.7 Å². The molecule has 0 N–H and O–H groups in total. The maximum atomic E-state index is 13.5. The summed E-state index contributed by atoms with van der Waals surface area (Å²) in [6.45, 7) is 0.124. The topological polar surface area (TPSA) is 21.7 Å². The van der Waals surface area contributed by atoms with Crippen molar-refractivity contribution in [3.8, 4) is 11.5 Å². The van der Waals surface area contributed by atoms with Crippen molar-refractivity contribution < 1.29 is 22.6 Å². The molecule has 3 nitrogen and oxygen atoms in total. The molecule has 3 rings (SSSR count). The Hall–Kier alpha value is -2.63. The van der Waals surface area contributed by atoms with Gasteiger partial charge in [-0.2, -0.15) is 13.2 Å². The van der Waals surface area contributed by atoms with E-state index in [9.17, 15) is 13.2 Å². The number of ether oxygens (including phenoxy) is 2. The van der Waals surface area contributed by atoms with Crippen LogP contribution in [0.15, 0.2) is 48.5 Å². The molecule has 1 heterocycles. The van der Waals surface area contributed by atoms with Crippen molar-refractivity contribution in [1.29, 1.82) is 0 Å². The molecule has 25 heavy (non-hydrogen) atoms. The van der Waals surface area contributed by atoms with Crippen molar-refractivity contribution >= 4 is 11.8 Å². The molecule has 1 aliphatic rings. The highest BCUT2D eigenvalue weighted by molar-refractivity contribution is 5.77. The quantitative estimate of drug-likeness (QED) is 0.801. The molecule has 1 unspecified atom stereocenters. The molecule has 0 radical (unpaired) electrons. The van der Waals surface area contributed by atoms with Gasteiger partial charge in [0.05, 0.1) is 14.2 Å². The van der Waals surface area contributed by atoms with Crippen LogP contribution in [-0.4, -0.2) is 26.4 Å². The van der Waals surface area contributed by atoms with Crippen LogP contribution in [0.3, 0.4) is 0 Å². The molecular formula is C19H18F3NO2. The number of anilines is 1. The summed E-state index contributed by atoms with van der Waals surface area (Å²) in [7, 11) is 3.06. The highest BCUT2D eigenvalue weighted by Gasteiger charge is 2.44. The van der Waals surface area contributed by atoms with Gasteiger partial charge in [0.1, 0.15) is 17.5 Å². The van der Waals surface area contributed by atoms with Crippen LogP contribution in [-0.2, 0) is 6.54 Å². The first-order chi connectivity index (χ1) is 11.9. The average Bonchev–Trinajstić information content (AvgIpc) is 2.61. The Bertz CT molecular complexity index is 769. The molecule has 0 bridgehead atoms. The first kappa shape index (κ1) is 17.2. The fourth-order valence-corrected chi connectivity index (χ4v) is 2.97. The van der Waals surface area contributed by atoms with Gasteiger partial charge in [0.2, 0.25) is 0 Å². The SMILES string of the molecule is COc1ccc(CN2c3cccc(OC)c3C=CC2C(F)(F)F)cc1. The number of hydrogen-bond donors (Lipinski definition) is 0. The number of benzene rings is 2. The third kappa shape index (κ3) is 3.43. The first-order valence-corrected chi connectivity index (χ1v) is 7.75. The van der Waals surface area contributed by atoms with Crippen LogP contribution in [0.4, 0.5) is 18.9 Å². The molecule has 2 aromatic carbocycles. The van der Waals surface area contributed by atoms with Crippen molar-refractivity contribution in [1.82, 2.24) is 0 Å². The van der Waals surface area contributed by atoms with E-state index in [0.29, 0.717) is 22.7 Å². The molecule has 0 amide bonds. The molecule has 2 aromatic rings. The van der Waals surface area contributed by atoms with E-state index in [0.717, 1.165) is 5.56 Å². The highest BCUT2D eigenvalue weighted by Crippen LogP contribution is 2.40. The maximum absolute atomic E-state index is 13.5. The lowest BCUT2D eigenvalue weighted by atomic mass is 10.0. The zero-order chi connectivity index (χ0) is 18.0. The molecule has 0 aliphatic carbocycles. The standard InChI is InChI=1S/C19H18F3NO2/c1-24-14-8-6-13(7-9-14)12-23-16-4-3-5-17(25-2)15(16)10-11-18(23)19(20,21)22/h3-11,18H,12H2,1-2H3. The van der Waals surface area contributed by atoms with Crippen LogP contribution in [0.5, 0.6) is 11.5 Å². The van der Waals surface area contributed by atoms with Crippen LogP contribution in [0.2, 0.25) is 0 Å². The normalized spacial score (nSPS) is 16.5. The fourth-order valence-electron chi connectivity index (χ4n) is 2.97. The maximum Gasteiger partial charge on any atom is 0.412 e. The Morgan fingerprint density at radius 3 is 2.32 bits per heavy atom. The van der Waals surface area contributed by atoms with Crippen molar-refractivity contribution in [2.45, 2.75) is 18.8 Å². The third-order valence-electron chi connectivity index (χ3n) is 4.20. The van der Waals surface area contributed by atoms with E-state index in [1.54, 1.807) is 49.6 Å². The second-order valence-corrected chi connectivity index (χ2v) is 5.71. The van der Waals surface area contributed by atoms with Gasteiger partial charge in [0, 0.05) is 17.8 Å². The summed E-state index contributed by atoms with van der Waals surface area (Å²) < 4.78 is 51.0. The van der Waals surface area contributed by atoms with Crippen LogP contribution >= 0.6 is 0 Å². The Labute approximate surface area is 144 Å². The minimum Gasteiger partial charge on any atom is -0.497 e. The fraction of sp³-hybridized carbons (Fsp3) is 0.263. The van der Waals surface area contributed by atoms with Gasteiger partial charge in [-0.15, -0.1) is 0 Å². The summed E-state index contributed by atoms with van der Waals surface area (Å²) >= 11 is 0. The summed E-state index contributed by atoms with van der Waals surface area (Å²) in [5.74, 6) is 1.21. The van der Waals surface area contributed by atoms with E-state index in [1.165, 1.54) is 24.2 Å². The predicted molar refractivity (Wildman–Crippen MR) is 91.0 cm³/mol. The lowest BCUT2D eigenvalue weighted by Crippen LogP contribution is -2.45. The van der Waals surface area contributed by atoms with E-state index in [4.69, 9.17) is 9.47 Å². The number of alkyl halides is 3. The first-order valence-electron chi connectivity index (χ1n) is 7.75. The van der Waals surface area contributed by atoms with Crippen molar-refractivity contribution in [3.63, 3.8) is 0 Å². The Balaban J connectivity index is 2.01.